The van der Waals surface area contributed by atoms with Gasteiger partial charge in [0.1, 0.15) is 0 Å². The maximum Gasteiger partial charge on any atom is 0.0449 e. The van der Waals surface area contributed by atoms with E-state index in [1.165, 1.54) is 5.56 Å². The van der Waals surface area contributed by atoms with E-state index < -0.39 is 0 Å². The second-order valence-corrected chi connectivity index (χ2v) is 3.21. The van der Waals surface area contributed by atoms with Gasteiger partial charge in [-0.1, -0.05) is 31.2 Å². The second kappa shape index (κ2) is 5.00. The molecule has 2 heteroatoms. The summed E-state index contributed by atoms with van der Waals surface area (Å²) < 4.78 is 0. The molecule has 3 N–H and O–H groups in total. The third-order valence-corrected chi connectivity index (χ3v) is 2.26. The van der Waals surface area contributed by atoms with E-state index in [-0.39, 0.29) is 12.6 Å². The van der Waals surface area contributed by atoms with E-state index in [1.54, 1.807) is 0 Å². The zero-order chi connectivity index (χ0) is 9.68. The normalized spacial score (nSPS) is 12.8. The van der Waals surface area contributed by atoms with Crippen molar-refractivity contribution in [2.45, 2.75) is 25.8 Å². The number of benzene rings is 1. The first-order valence-corrected chi connectivity index (χ1v) is 4.73. The van der Waals surface area contributed by atoms with Crippen LogP contribution in [0.1, 0.15) is 30.5 Å². The fraction of sp³-hybridized carbons (Fsp3) is 0.455. The topological polar surface area (TPSA) is 46.2 Å². The minimum absolute atomic E-state index is 0.0316. The molecule has 0 aromatic heterocycles. The summed E-state index contributed by atoms with van der Waals surface area (Å²) in [6.45, 7) is 2.28. The average Bonchev–Trinajstić information content (AvgIpc) is 2.18. The van der Waals surface area contributed by atoms with E-state index >= 15 is 0 Å². The lowest BCUT2D eigenvalue weighted by molar-refractivity contribution is 0.276. The van der Waals surface area contributed by atoms with Crippen molar-refractivity contribution in [2.75, 3.05) is 6.61 Å². The van der Waals surface area contributed by atoms with Crippen LogP contribution >= 0.6 is 0 Å². The molecular weight excluding hydrogens is 162 g/mol. The SMILES string of the molecule is CCc1ccc([C@H](N)CCO)cc1. The Morgan fingerprint density at radius 2 is 1.92 bits per heavy atom. The summed E-state index contributed by atoms with van der Waals surface area (Å²) in [7, 11) is 0. The van der Waals surface area contributed by atoms with Crippen LogP contribution in [0.4, 0.5) is 0 Å². The second-order valence-electron chi connectivity index (χ2n) is 3.21. The zero-order valence-corrected chi connectivity index (χ0v) is 8.03. The molecule has 0 saturated carbocycles. The average molecular weight is 179 g/mol. The van der Waals surface area contributed by atoms with Crippen LogP contribution in [0.15, 0.2) is 24.3 Å². The Hall–Kier alpha value is -0.860. The number of hydrogen-bond acceptors (Lipinski definition) is 2. The molecule has 0 fully saturated rings. The van der Waals surface area contributed by atoms with Crippen molar-refractivity contribution < 1.29 is 5.11 Å². The summed E-state index contributed by atoms with van der Waals surface area (Å²) in [4.78, 5) is 0. The van der Waals surface area contributed by atoms with Crippen molar-refractivity contribution in [1.29, 1.82) is 0 Å². The first kappa shape index (κ1) is 10.2. The molecule has 1 rings (SSSR count). The van der Waals surface area contributed by atoms with Crippen LogP contribution in [0.25, 0.3) is 0 Å². The van der Waals surface area contributed by atoms with Gasteiger partial charge in [0.2, 0.25) is 0 Å². The third-order valence-electron chi connectivity index (χ3n) is 2.26. The van der Waals surface area contributed by atoms with Crippen LogP contribution in [-0.2, 0) is 6.42 Å². The molecule has 0 unspecified atom stereocenters. The van der Waals surface area contributed by atoms with Crippen molar-refractivity contribution in [3.63, 3.8) is 0 Å². The minimum atomic E-state index is -0.0316. The molecule has 0 heterocycles. The molecule has 0 amide bonds. The molecule has 0 aliphatic rings. The number of rotatable bonds is 4. The van der Waals surface area contributed by atoms with Crippen LogP contribution in [0.2, 0.25) is 0 Å². The predicted molar refractivity (Wildman–Crippen MR) is 54.5 cm³/mol. The van der Waals surface area contributed by atoms with Gasteiger partial charge in [0, 0.05) is 12.6 Å². The number of hydrogen-bond donors (Lipinski definition) is 2. The number of aryl methyl sites for hydroxylation is 1. The van der Waals surface area contributed by atoms with E-state index in [9.17, 15) is 0 Å². The summed E-state index contributed by atoms with van der Waals surface area (Å²) in [6.07, 6.45) is 1.68. The van der Waals surface area contributed by atoms with Gasteiger partial charge in [-0.3, -0.25) is 0 Å². The van der Waals surface area contributed by atoms with Gasteiger partial charge in [-0.15, -0.1) is 0 Å². The standard InChI is InChI=1S/C11H17NO/c1-2-9-3-5-10(6-4-9)11(12)7-8-13/h3-6,11,13H,2,7-8,12H2,1H3/t11-/m1/s1. The van der Waals surface area contributed by atoms with Gasteiger partial charge in [0.15, 0.2) is 0 Å². The van der Waals surface area contributed by atoms with Crippen molar-refractivity contribution >= 4 is 0 Å². The van der Waals surface area contributed by atoms with Gasteiger partial charge in [-0.05, 0) is 24.0 Å². The molecular formula is C11H17NO. The highest BCUT2D eigenvalue weighted by atomic mass is 16.3. The smallest absolute Gasteiger partial charge is 0.0449 e. The third kappa shape index (κ3) is 2.83. The number of nitrogens with two attached hydrogens (primary N) is 1. The molecule has 1 aromatic rings. The largest absolute Gasteiger partial charge is 0.396 e. The van der Waals surface area contributed by atoms with Gasteiger partial charge in [-0.2, -0.15) is 0 Å². The molecule has 0 spiro atoms. The fourth-order valence-electron chi connectivity index (χ4n) is 1.31. The maximum atomic E-state index is 8.72. The van der Waals surface area contributed by atoms with Crippen molar-refractivity contribution in [1.82, 2.24) is 0 Å². The lowest BCUT2D eigenvalue weighted by Gasteiger charge is -2.10. The highest BCUT2D eigenvalue weighted by Gasteiger charge is 2.03. The highest BCUT2D eigenvalue weighted by molar-refractivity contribution is 5.24. The Morgan fingerprint density at radius 1 is 1.31 bits per heavy atom. The maximum absolute atomic E-state index is 8.72. The molecule has 72 valence electrons. The van der Waals surface area contributed by atoms with Gasteiger partial charge in [0.25, 0.3) is 0 Å². The van der Waals surface area contributed by atoms with Crippen LogP contribution in [0, 0.1) is 0 Å². The Morgan fingerprint density at radius 3 is 2.38 bits per heavy atom. The van der Waals surface area contributed by atoms with Crippen LogP contribution in [0.3, 0.4) is 0 Å². The molecule has 1 aromatic carbocycles. The monoisotopic (exact) mass is 179 g/mol. The Bertz CT molecular complexity index is 243. The Balaban J connectivity index is 2.67. The molecule has 0 aliphatic heterocycles. The molecule has 0 saturated heterocycles. The van der Waals surface area contributed by atoms with Crippen molar-refractivity contribution in [3.05, 3.63) is 35.4 Å². The van der Waals surface area contributed by atoms with E-state index in [4.69, 9.17) is 10.8 Å². The number of aliphatic hydroxyl groups excluding tert-OH is 1. The molecule has 2 nitrogen and oxygen atoms in total. The Kier molecular flexibility index (Phi) is 3.93. The van der Waals surface area contributed by atoms with Crippen LogP contribution < -0.4 is 5.73 Å². The summed E-state index contributed by atoms with van der Waals surface area (Å²) in [5.41, 5.74) is 8.26. The predicted octanol–water partition coefficient (Wildman–Crippen LogP) is 1.63. The van der Waals surface area contributed by atoms with Gasteiger partial charge in [0.05, 0.1) is 0 Å². The molecule has 0 radical (unpaired) electrons. The van der Waals surface area contributed by atoms with Gasteiger partial charge in [-0.25, -0.2) is 0 Å². The Labute approximate surface area is 79.4 Å². The molecule has 0 aliphatic carbocycles. The van der Waals surface area contributed by atoms with E-state index in [0.717, 1.165) is 12.0 Å². The van der Waals surface area contributed by atoms with Gasteiger partial charge >= 0.3 is 0 Å². The van der Waals surface area contributed by atoms with Crippen molar-refractivity contribution in [3.8, 4) is 0 Å². The summed E-state index contributed by atoms with van der Waals surface area (Å²) in [5.74, 6) is 0. The van der Waals surface area contributed by atoms with Crippen molar-refractivity contribution in [2.24, 2.45) is 5.73 Å². The number of aliphatic hydroxyl groups is 1. The zero-order valence-electron chi connectivity index (χ0n) is 8.03. The van der Waals surface area contributed by atoms with E-state index in [0.29, 0.717) is 6.42 Å². The fourth-order valence-corrected chi connectivity index (χ4v) is 1.31. The van der Waals surface area contributed by atoms with E-state index in [1.807, 2.05) is 12.1 Å². The van der Waals surface area contributed by atoms with E-state index in [2.05, 4.69) is 19.1 Å². The minimum Gasteiger partial charge on any atom is -0.396 e. The van der Waals surface area contributed by atoms with Crippen LogP contribution in [0.5, 0.6) is 0 Å². The lowest BCUT2D eigenvalue weighted by atomic mass is 10.0. The highest BCUT2D eigenvalue weighted by Crippen LogP contribution is 2.14. The molecule has 0 bridgehead atoms. The summed E-state index contributed by atoms with van der Waals surface area (Å²) in [6, 6.07) is 8.23. The quantitative estimate of drug-likeness (QED) is 0.738. The molecule has 13 heavy (non-hydrogen) atoms. The van der Waals surface area contributed by atoms with Gasteiger partial charge < -0.3 is 10.8 Å². The first-order valence-electron chi connectivity index (χ1n) is 4.73. The summed E-state index contributed by atoms with van der Waals surface area (Å²) >= 11 is 0. The lowest BCUT2D eigenvalue weighted by Crippen LogP contribution is -2.11. The molecule has 1 atom stereocenters. The summed E-state index contributed by atoms with van der Waals surface area (Å²) in [5, 5.41) is 8.72. The first-order chi connectivity index (χ1) is 6.27. The van der Waals surface area contributed by atoms with Crippen LogP contribution in [-0.4, -0.2) is 11.7 Å².